The Morgan fingerprint density at radius 3 is 2.76 bits per heavy atom. The van der Waals surface area contributed by atoms with Crippen molar-refractivity contribution in [3.63, 3.8) is 0 Å². The van der Waals surface area contributed by atoms with E-state index in [0.717, 1.165) is 24.6 Å². The molecule has 0 aliphatic rings. The quantitative estimate of drug-likeness (QED) is 0.774. The number of nitrogens with zero attached hydrogens (tertiary/aromatic N) is 2. The third kappa shape index (κ3) is 5.13. The van der Waals surface area contributed by atoms with Gasteiger partial charge in [0.15, 0.2) is 0 Å². The standard InChI is InChI=1S/C13H25N3S/c1-5-16-7-6-15-13(16)8-12(14-4)10-17-9-11(2)3/h6-7,11-12,14H,5,8-10H2,1-4H3. The minimum absolute atomic E-state index is 0.520. The van der Waals surface area contributed by atoms with Gasteiger partial charge in [-0.15, -0.1) is 0 Å². The number of aromatic nitrogens is 2. The van der Waals surface area contributed by atoms with E-state index in [1.807, 2.05) is 25.0 Å². The van der Waals surface area contributed by atoms with E-state index in [-0.39, 0.29) is 0 Å². The molecule has 0 fully saturated rings. The first-order valence-corrected chi connectivity index (χ1v) is 7.57. The van der Waals surface area contributed by atoms with E-state index >= 15 is 0 Å². The van der Waals surface area contributed by atoms with Crippen LogP contribution in [0.3, 0.4) is 0 Å². The summed E-state index contributed by atoms with van der Waals surface area (Å²) in [5.41, 5.74) is 0. The van der Waals surface area contributed by atoms with E-state index in [0.29, 0.717) is 6.04 Å². The van der Waals surface area contributed by atoms with E-state index in [1.54, 1.807) is 0 Å². The molecule has 98 valence electrons. The molecule has 1 N–H and O–H groups in total. The Balaban J connectivity index is 2.41. The number of imidazole rings is 1. The molecule has 0 radical (unpaired) electrons. The number of thioether (sulfide) groups is 1. The Labute approximate surface area is 109 Å². The summed E-state index contributed by atoms with van der Waals surface area (Å²) in [6, 6.07) is 0.520. The third-order valence-corrected chi connectivity index (χ3v) is 4.29. The van der Waals surface area contributed by atoms with Crippen molar-refractivity contribution in [2.75, 3.05) is 18.6 Å². The smallest absolute Gasteiger partial charge is 0.110 e. The van der Waals surface area contributed by atoms with Crippen LogP contribution in [0.1, 0.15) is 26.6 Å². The summed E-state index contributed by atoms with van der Waals surface area (Å²) < 4.78 is 2.22. The molecule has 0 aliphatic carbocycles. The fourth-order valence-electron chi connectivity index (χ4n) is 1.73. The first-order chi connectivity index (χ1) is 8.17. The summed E-state index contributed by atoms with van der Waals surface area (Å²) in [6.45, 7) is 7.70. The summed E-state index contributed by atoms with van der Waals surface area (Å²) in [5, 5.41) is 3.39. The highest BCUT2D eigenvalue weighted by Crippen LogP contribution is 2.11. The predicted molar refractivity (Wildman–Crippen MR) is 76.6 cm³/mol. The van der Waals surface area contributed by atoms with Gasteiger partial charge < -0.3 is 9.88 Å². The highest BCUT2D eigenvalue weighted by Gasteiger charge is 2.11. The topological polar surface area (TPSA) is 29.9 Å². The molecular formula is C13H25N3S. The van der Waals surface area contributed by atoms with Crippen molar-refractivity contribution >= 4 is 11.8 Å². The van der Waals surface area contributed by atoms with Crippen molar-refractivity contribution < 1.29 is 0 Å². The molecule has 1 heterocycles. The van der Waals surface area contributed by atoms with Crippen LogP contribution in [0.4, 0.5) is 0 Å². The molecule has 0 bridgehead atoms. The molecule has 0 spiro atoms. The van der Waals surface area contributed by atoms with Crippen molar-refractivity contribution in [3.05, 3.63) is 18.2 Å². The number of nitrogens with one attached hydrogen (secondary N) is 1. The molecule has 1 rings (SSSR count). The predicted octanol–water partition coefficient (Wildman–Crippen LogP) is 2.42. The van der Waals surface area contributed by atoms with E-state index in [9.17, 15) is 0 Å². The van der Waals surface area contributed by atoms with Crippen molar-refractivity contribution in [1.29, 1.82) is 0 Å². The zero-order valence-corrected chi connectivity index (χ0v) is 12.3. The maximum Gasteiger partial charge on any atom is 0.110 e. The lowest BCUT2D eigenvalue weighted by Gasteiger charge is -2.16. The van der Waals surface area contributed by atoms with Crippen molar-refractivity contribution in [3.8, 4) is 0 Å². The SMILES string of the molecule is CCn1ccnc1CC(CSCC(C)C)NC. The van der Waals surface area contributed by atoms with Gasteiger partial charge >= 0.3 is 0 Å². The Morgan fingerprint density at radius 2 is 2.18 bits per heavy atom. The minimum atomic E-state index is 0.520. The van der Waals surface area contributed by atoms with Gasteiger partial charge in [0.05, 0.1) is 0 Å². The van der Waals surface area contributed by atoms with Crippen LogP contribution in [0, 0.1) is 5.92 Å². The van der Waals surface area contributed by atoms with Crippen LogP contribution in [0.2, 0.25) is 0 Å². The lowest BCUT2D eigenvalue weighted by molar-refractivity contribution is 0.572. The fourth-order valence-corrected chi connectivity index (χ4v) is 2.91. The molecular weight excluding hydrogens is 230 g/mol. The second-order valence-corrected chi connectivity index (χ2v) is 5.83. The maximum atomic E-state index is 4.43. The number of hydrogen-bond donors (Lipinski definition) is 1. The monoisotopic (exact) mass is 255 g/mol. The van der Waals surface area contributed by atoms with Crippen molar-refractivity contribution in [2.45, 2.75) is 39.8 Å². The van der Waals surface area contributed by atoms with Gasteiger partial charge in [-0.25, -0.2) is 4.98 Å². The third-order valence-electron chi connectivity index (χ3n) is 2.75. The average Bonchev–Trinajstić information content (AvgIpc) is 2.74. The fraction of sp³-hybridized carbons (Fsp3) is 0.769. The Bertz CT molecular complexity index is 309. The van der Waals surface area contributed by atoms with Gasteiger partial charge in [0.25, 0.3) is 0 Å². The second-order valence-electron chi connectivity index (χ2n) is 4.75. The average molecular weight is 255 g/mol. The van der Waals surface area contributed by atoms with Crippen LogP contribution in [0.25, 0.3) is 0 Å². The first kappa shape index (κ1) is 14.6. The lowest BCUT2D eigenvalue weighted by atomic mass is 10.2. The van der Waals surface area contributed by atoms with Crippen LogP contribution in [-0.4, -0.2) is 34.1 Å². The summed E-state index contributed by atoms with van der Waals surface area (Å²) in [7, 11) is 2.04. The highest BCUT2D eigenvalue weighted by atomic mass is 32.2. The van der Waals surface area contributed by atoms with E-state index in [4.69, 9.17) is 0 Å². The Morgan fingerprint density at radius 1 is 1.41 bits per heavy atom. The molecule has 17 heavy (non-hydrogen) atoms. The van der Waals surface area contributed by atoms with Crippen molar-refractivity contribution in [2.24, 2.45) is 5.92 Å². The highest BCUT2D eigenvalue weighted by molar-refractivity contribution is 7.99. The van der Waals surface area contributed by atoms with Gasteiger partial charge in [-0.3, -0.25) is 0 Å². The molecule has 4 heteroatoms. The molecule has 0 amide bonds. The van der Waals surface area contributed by atoms with Crippen LogP contribution in [-0.2, 0) is 13.0 Å². The largest absolute Gasteiger partial charge is 0.335 e. The summed E-state index contributed by atoms with van der Waals surface area (Å²) in [5.74, 6) is 4.36. The molecule has 1 aromatic heterocycles. The Kier molecular flexibility index (Phi) is 6.66. The van der Waals surface area contributed by atoms with Gasteiger partial charge in [0, 0.05) is 37.2 Å². The molecule has 1 unspecified atom stereocenters. The lowest BCUT2D eigenvalue weighted by Crippen LogP contribution is -2.31. The van der Waals surface area contributed by atoms with Crippen molar-refractivity contribution in [1.82, 2.24) is 14.9 Å². The molecule has 3 nitrogen and oxygen atoms in total. The molecule has 0 saturated heterocycles. The molecule has 1 atom stereocenters. The minimum Gasteiger partial charge on any atom is -0.335 e. The van der Waals surface area contributed by atoms with Crippen LogP contribution in [0.15, 0.2) is 12.4 Å². The number of aryl methyl sites for hydroxylation is 1. The summed E-state index contributed by atoms with van der Waals surface area (Å²) in [6.07, 6.45) is 4.97. The van der Waals surface area contributed by atoms with Gasteiger partial charge in [-0.2, -0.15) is 11.8 Å². The van der Waals surface area contributed by atoms with E-state index < -0.39 is 0 Å². The van der Waals surface area contributed by atoms with E-state index in [1.165, 1.54) is 11.6 Å². The molecule has 0 aromatic carbocycles. The van der Waals surface area contributed by atoms with Gasteiger partial charge in [-0.05, 0) is 25.6 Å². The number of likely N-dealkylation sites (N-methyl/N-ethyl adjacent to an activating group) is 1. The Hall–Kier alpha value is -0.480. The zero-order valence-electron chi connectivity index (χ0n) is 11.4. The number of hydrogen-bond acceptors (Lipinski definition) is 3. The molecule has 1 aromatic rings. The summed E-state index contributed by atoms with van der Waals surface area (Å²) in [4.78, 5) is 4.43. The van der Waals surface area contributed by atoms with Crippen LogP contribution >= 0.6 is 11.8 Å². The normalized spacial score (nSPS) is 13.2. The second kappa shape index (κ2) is 7.77. The van der Waals surface area contributed by atoms with Gasteiger partial charge in [0.2, 0.25) is 0 Å². The molecule has 0 aliphatic heterocycles. The van der Waals surface area contributed by atoms with Crippen LogP contribution in [0.5, 0.6) is 0 Å². The van der Waals surface area contributed by atoms with E-state index in [2.05, 4.69) is 41.8 Å². The zero-order chi connectivity index (χ0) is 12.7. The molecule has 0 saturated carbocycles. The number of rotatable bonds is 8. The van der Waals surface area contributed by atoms with Gasteiger partial charge in [-0.1, -0.05) is 13.8 Å². The van der Waals surface area contributed by atoms with Gasteiger partial charge in [0.1, 0.15) is 5.82 Å². The van der Waals surface area contributed by atoms with Crippen LogP contribution < -0.4 is 5.32 Å². The maximum absolute atomic E-state index is 4.43. The first-order valence-electron chi connectivity index (χ1n) is 6.42. The summed E-state index contributed by atoms with van der Waals surface area (Å²) >= 11 is 2.03.